The molecule has 0 aliphatic rings. The maximum atomic E-state index is 5.71. The highest BCUT2D eigenvalue weighted by molar-refractivity contribution is 7.80. The molecular weight excluding hydrogens is 268 g/mol. The Morgan fingerprint density at radius 1 is 1.15 bits per heavy atom. The van der Waals surface area contributed by atoms with Crippen LogP contribution in [0.2, 0.25) is 0 Å². The van der Waals surface area contributed by atoms with Crippen molar-refractivity contribution < 1.29 is 4.74 Å². The van der Waals surface area contributed by atoms with Crippen LogP contribution in [0.3, 0.4) is 0 Å². The molecule has 0 radical (unpaired) electrons. The summed E-state index contributed by atoms with van der Waals surface area (Å²) in [5.74, 6) is 0.835. The van der Waals surface area contributed by atoms with Crippen molar-refractivity contribution in [2.45, 2.75) is 6.61 Å². The van der Waals surface area contributed by atoms with E-state index in [2.05, 4.69) is 10.3 Å². The Morgan fingerprint density at radius 3 is 2.50 bits per heavy atom. The Morgan fingerprint density at radius 2 is 1.85 bits per heavy atom. The van der Waals surface area contributed by atoms with Gasteiger partial charge in [0.25, 0.3) is 0 Å². The third kappa shape index (κ3) is 4.48. The Bertz CT molecular complexity index is 579. The van der Waals surface area contributed by atoms with Gasteiger partial charge in [0.15, 0.2) is 5.11 Å². The number of thiocarbonyl (C=S) groups is 1. The first-order chi connectivity index (χ1) is 9.78. The minimum atomic E-state index is 0.467. The molecule has 2 aromatic rings. The second-order valence-electron chi connectivity index (χ2n) is 4.16. The van der Waals surface area contributed by atoms with E-state index in [9.17, 15) is 0 Å². The van der Waals surface area contributed by atoms with Gasteiger partial charge in [0.05, 0.1) is 0 Å². The fourth-order valence-electron chi connectivity index (χ4n) is 1.59. The van der Waals surface area contributed by atoms with Crippen LogP contribution < -0.4 is 10.1 Å². The highest BCUT2D eigenvalue weighted by Gasteiger charge is 1.96. The summed E-state index contributed by atoms with van der Waals surface area (Å²) >= 11 is 4.94. The largest absolute Gasteiger partial charge is 0.489 e. The van der Waals surface area contributed by atoms with Gasteiger partial charge in [-0.05, 0) is 47.6 Å². The lowest BCUT2D eigenvalue weighted by atomic mass is 10.2. The molecule has 2 rings (SSSR count). The SMILES string of the molecule is CNC(=S)/N=C/c1ccc(OCc2ccccc2)cc1. The number of hydrogen-bond acceptors (Lipinski definition) is 2. The molecule has 0 heterocycles. The molecule has 102 valence electrons. The topological polar surface area (TPSA) is 33.6 Å². The van der Waals surface area contributed by atoms with Gasteiger partial charge in [-0.3, -0.25) is 0 Å². The molecule has 0 aliphatic heterocycles. The Labute approximate surface area is 124 Å². The zero-order valence-corrected chi connectivity index (χ0v) is 12.1. The van der Waals surface area contributed by atoms with Crippen molar-refractivity contribution in [2.24, 2.45) is 4.99 Å². The van der Waals surface area contributed by atoms with E-state index in [1.807, 2.05) is 54.6 Å². The minimum Gasteiger partial charge on any atom is -0.489 e. The number of aliphatic imine (C=N–C) groups is 1. The summed E-state index contributed by atoms with van der Waals surface area (Å²) in [4.78, 5) is 4.09. The first-order valence-corrected chi connectivity index (χ1v) is 6.71. The number of nitrogens with one attached hydrogen (secondary N) is 1. The second kappa shape index (κ2) is 7.40. The van der Waals surface area contributed by atoms with Crippen LogP contribution in [0.1, 0.15) is 11.1 Å². The van der Waals surface area contributed by atoms with Crippen LogP contribution in [-0.2, 0) is 6.61 Å². The van der Waals surface area contributed by atoms with Gasteiger partial charge >= 0.3 is 0 Å². The summed E-state index contributed by atoms with van der Waals surface area (Å²) < 4.78 is 5.71. The monoisotopic (exact) mass is 284 g/mol. The number of hydrogen-bond donors (Lipinski definition) is 1. The lowest BCUT2D eigenvalue weighted by molar-refractivity contribution is 0.306. The van der Waals surface area contributed by atoms with Crippen molar-refractivity contribution in [3.63, 3.8) is 0 Å². The maximum absolute atomic E-state index is 5.71. The van der Waals surface area contributed by atoms with E-state index in [1.165, 1.54) is 0 Å². The van der Waals surface area contributed by atoms with Crippen molar-refractivity contribution in [3.8, 4) is 5.75 Å². The van der Waals surface area contributed by atoms with Crippen LogP contribution >= 0.6 is 12.2 Å². The van der Waals surface area contributed by atoms with Crippen LogP contribution in [0.15, 0.2) is 59.6 Å². The molecule has 0 fully saturated rings. The number of rotatable bonds is 4. The molecule has 0 spiro atoms. The van der Waals surface area contributed by atoms with Gasteiger partial charge in [0, 0.05) is 13.3 Å². The molecular formula is C16H16N2OS. The van der Waals surface area contributed by atoms with E-state index >= 15 is 0 Å². The highest BCUT2D eigenvalue weighted by atomic mass is 32.1. The van der Waals surface area contributed by atoms with Crippen LogP contribution in [0, 0.1) is 0 Å². The van der Waals surface area contributed by atoms with Gasteiger partial charge in [-0.15, -0.1) is 0 Å². The summed E-state index contributed by atoms with van der Waals surface area (Å²) in [6.45, 7) is 0.568. The molecule has 0 aliphatic carbocycles. The molecule has 3 nitrogen and oxygen atoms in total. The summed E-state index contributed by atoms with van der Waals surface area (Å²) in [5.41, 5.74) is 2.13. The van der Waals surface area contributed by atoms with E-state index in [0.29, 0.717) is 11.7 Å². The molecule has 0 saturated carbocycles. The van der Waals surface area contributed by atoms with Crippen molar-refractivity contribution in [1.82, 2.24) is 5.32 Å². The van der Waals surface area contributed by atoms with Gasteiger partial charge < -0.3 is 10.1 Å². The number of benzene rings is 2. The standard InChI is InChI=1S/C16H16N2OS/c1-17-16(20)18-11-13-7-9-15(10-8-13)19-12-14-5-3-2-4-6-14/h2-11H,12H2,1H3,(H,17,20)/b18-11+. The first kappa shape index (κ1) is 14.2. The Hall–Kier alpha value is -2.20. The van der Waals surface area contributed by atoms with Crippen LogP contribution in [0.25, 0.3) is 0 Å². The predicted molar refractivity (Wildman–Crippen MR) is 86.5 cm³/mol. The third-order valence-corrected chi connectivity index (χ3v) is 2.98. The fourth-order valence-corrected chi connectivity index (χ4v) is 1.64. The Balaban J connectivity index is 1.91. The molecule has 0 amide bonds. The third-order valence-electron chi connectivity index (χ3n) is 2.67. The van der Waals surface area contributed by atoms with Crippen LogP contribution in [0.5, 0.6) is 5.75 Å². The molecule has 0 aromatic heterocycles. The zero-order valence-electron chi connectivity index (χ0n) is 11.2. The van der Waals surface area contributed by atoms with E-state index in [0.717, 1.165) is 16.9 Å². The molecule has 0 bridgehead atoms. The second-order valence-corrected chi connectivity index (χ2v) is 4.54. The lowest BCUT2D eigenvalue weighted by Crippen LogP contribution is -2.12. The van der Waals surface area contributed by atoms with E-state index < -0.39 is 0 Å². The van der Waals surface area contributed by atoms with Crippen molar-refractivity contribution in [2.75, 3.05) is 7.05 Å². The van der Waals surface area contributed by atoms with Gasteiger partial charge in [0.1, 0.15) is 12.4 Å². The fraction of sp³-hybridized carbons (Fsp3) is 0.125. The van der Waals surface area contributed by atoms with E-state index in [1.54, 1.807) is 13.3 Å². The van der Waals surface area contributed by atoms with Crippen molar-refractivity contribution in [1.29, 1.82) is 0 Å². The molecule has 1 N–H and O–H groups in total. The normalized spacial score (nSPS) is 10.4. The van der Waals surface area contributed by atoms with Crippen LogP contribution in [0.4, 0.5) is 0 Å². The Kier molecular flexibility index (Phi) is 5.26. The summed E-state index contributed by atoms with van der Waals surface area (Å²) in [6, 6.07) is 17.8. The predicted octanol–water partition coefficient (Wildman–Crippen LogP) is 3.19. The molecule has 0 saturated heterocycles. The first-order valence-electron chi connectivity index (χ1n) is 6.30. The average Bonchev–Trinajstić information content (AvgIpc) is 2.52. The quantitative estimate of drug-likeness (QED) is 0.691. The van der Waals surface area contributed by atoms with Gasteiger partial charge in [-0.25, -0.2) is 4.99 Å². The van der Waals surface area contributed by atoms with Gasteiger partial charge in [-0.2, -0.15) is 0 Å². The molecule has 4 heteroatoms. The summed E-state index contributed by atoms with van der Waals surface area (Å²) in [7, 11) is 1.75. The molecule has 2 aromatic carbocycles. The molecule has 0 atom stereocenters. The maximum Gasteiger partial charge on any atom is 0.192 e. The number of ether oxygens (including phenoxy) is 1. The summed E-state index contributed by atoms with van der Waals surface area (Å²) in [6.07, 6.45) is 1.72. The van der Waals surface area contributed by atoms with Crippen molar-refractivity contribution >= 4 is 23.5 Å². The molecule has 0 unspecified atom stereocenters. The minimum absolute atomic E-state index is 0.467. The lowest BCUT2D eigenvalue weighted by Gasteiger charge is -2.06. The van der Waals surface area contributed by atoms with E-state index in [4.69, 9.17) is 17.0 Å². The average molecular weight is 284 g/mol. The smallest absolute Gasteiger partial charge is 0.192 e. The summed E-state index contributed by atoms with van der Waals surface area (Å²) in [5, 5.41) is 3.26. The van der Waals surface area contributed by atoms with E-state index in [-0.39, 0.29) is 0 Å². The van der Waals surface area contributed by atoms with Gasteiger partial charge in [-0.1, -0.05) is 30.3 Å². The highest BCUT2D eigenvalue weighted by Crippen LogP contribution is 2.13. The van der Waals surface area contributed by atoms with Crippen LogP contribution in [-0.4, -0.2) is 18.4 Å². The van der Waals surface area contributed by atoms with Crippen molar-refractivity contribution in [3.05, 3.63) is 65.7 Å². The van der Waals surface area contributed by atoms with Gasteiger partial charge in [0.2, 0.25) is 0 Å². The molecule has 20 heavy (non-hydrogen) atoms. The zero-order chi connectivity index (χ0) is 14.2. The number of nitrogens with zero attached hydrogens (tertiary/aromatic N) is 1.